The highest BCUT2D eigenvalue weighted by atomic mass is 19.4. The van der Waals surface area contributed by atoms with Crippen LogP contribution < -0.4 is 14.2 Å². The quantitative estimate of drug-likeness (QED) is 0.254. The zero-order chi connectivity index (χ0) is 31.4. The number of piperidine rings is 1. The summed E-state index contributed by atoms with van der Waals surface area (Å²) in [6.07, 6.45) is -8.99. The van der Waals surface area contributed by atoms with Crippen molar-refractivity contribution in [3.63, 3.8) is 0 Å². The number of halogens is 6. The Balaban J connectivity index is 1.46. The van der Waals surface area contributed by atoms with E-state index in [4.69, 9.17) is 14.2 Å². The SMILES string of the molecule is COc1cc(C(=O)C(=O)CN2C3CCCC2[C@@H]2Cc4cc(C(F)(F)F)cc(C(F)(F)F)c4CN2C3=O)cc(OC)c1OC. The van der Waals surface area contributed by atoms with Gasteiger partial charge in [-0.3, -0.25) is 19.3 Å². The Kier molecular flexibility index (Phi) is 7.86. The topological polar surface area (TPSA) is 85.4 Å². The number of Topliss-reactive ketones (excluding diaryl/α,β-unsaturated/α-hetero) is 2. The van der Waals surface area contributed by atoms with Crippen LogP contribution in [0.15, 0.2) is 24.3 Å². The van der Waals surface area contributed by atoms with E-state index in [2.05, 4.69) is 0 Å². The van der Waals surface area contributed by atoms with Gasteiger partial charge in [0.05, 0.1) is 51.1 Å². The number of methoxy groups -OCH3 is 3. The molecule has 2 bridgehead atoms. The Morgan fingerprint density at radius 1 is 0.884 bits per heavy atom. The molecule has 2 aromatic rings. The first kappa shape index (κ1) is 30.6. The summed E-state index contributed by atoms with van der Waals surface area (Å²) in [7, 11) is 4.06. The first-order valence-corrected chi connectivity index (χ1v) is 13.4. The number of hydrogen-bond donors (Lipinski definition) is 0. The summed E-state index contributed by atoms with van der Waals surface area (Å²) in [5.41, 5.74) is -3.37. The summed E-state index contributed by atoms with van der Waals surface area (Å²) in [6.45, 7) is -0.949. The van der Waals surface area contributed by atoms with Gasteiger partial charge in [0.2, 0.25) is 23.2 Å². The minimum Gasteiger partial charge on any atom is -0.493 e. The van der Waals surface area contributed by atoms with Crippen LogP contribution in [-0.4, -0.2) is 73.3 Å². The van der Waals surface area contributed by atoms with Crippen LogP contribution in [0.4, 0.5) is 26.3 Å². The number of rotatable bonds is 7. The second-order valence-electron chi connectivity index (χ2n) is 10.7. The third kappa shape index (κ3) is 5.41. The van der Waals surface area contributed by atoms with Gasteiger partial charge < -0.3 is 19.1 Å². The molecule has 3 heterocycles. The number of benzene rings is 2. The summed E-state index contributed by atoms with van der Waals surface area (Å²) in [5.74, 6) is -1.74. The highest BCUT2D eigenvalue weighted by Crippen LogP contribution is 2.45. The van der Waals surface area contributed by atoms with Gasteiger partial charge in [-0.15, -0.1) is 0 Å². The van der Waals surface area contributed by atoms with Crippen molar-refractivity contribution in [3.8, 4) is 17.2 Å². The molecule has 0 N–H and O–H groups in total. The molecule has 0 aliphatic carbocycles. The fourth-order valence-electron chi connectivity index (χ4n) is 6.52. The number of carbonyl (C=O) groups excluding carboxylic acids is 3. The molecule has 0 spiro atoms. The van der Waals surface area contributed by atoms with E-state index < -0.39 is 72.2 Å². The van der Waals surface area contributed by atoms with Crippen molar-refractivity contribution in [3.05, 3.63) is 52.1 Å². The van der Waals surface area contributed by atoms with Crippen LogP contribution in [0.5, 0.6) is 17.2 Å². The molecule has 232 valence electrons. The summed E-state index contributed by atoms with van der Waals surface area (Å²) in [6, 6.07) is 1.26. The fourth-order valence-corrected chi connectivity index (χ4v) is 6.52. The van der Waals surface area contributed by atoms with Gasteiger partial charge in [-0.2, -0.15) is 26.3 Å². The molecule has 2 unspecified atom stereocenters. The third-order valence-electron chi connectivity index (χ3n) is 8.46. The maximum absolute atomic E-state index is 13.9. The minimum atomic E-state index is -5.06. The molecule has 0 saturated carbocycles. The van der Waals surface area contributed by atoms with Crippen molar-refractivity contribution < 1.29 is 54.9 Å². The molecular formula is C29H28F6N2O6. The molecule has 43 heavy (non-hydrogen) atoms. The van der Waals surface area contributed by atoms with Crippen LogP contribution in [0.2, 0.25) is 0 Å². The molecule has 8 nitrogen and oxygen atoms in total. The van der Waals surface area contributed by atoms with Gasteiger partial charge in [0.1, 0.15) is 0 Å². The van der Waals surface area contributed by atoms with Gasteiger partial charge in [0, 0.05) is 18.2 Å². The van der Waals surface area contributed by atoms with Crippen molar-refractivity contribution in [1.29, 1.82) is 0 Å². The van der Waals surface area contributed by atoms with Gasteiger partial charge in [-0.05, 0) is 61.1 Å². The van der Waals surface area contributed by atoms with Crippen molar-refractivity contribution in [2.45, 2.75) is 62.7 Å². The van der Waals surface area contributed by atoms with Gasteiger partial charge in [-0.1, -0.05) is 0 Å². The predicted molar refractivity (Wildman–Crippen MR) is 138 cm³/mol. The van der Waals surface area contributed by atoms with Crippen LogP contribution in [0.25, 0.3) is 0 Å². The van der Waals surface area contributed by atoms with Crippen molar-refractivity contribution in [2.75, 3.05) is 27.9 Å². The number of ketones is 2. The first-order valence-electron chi connectivity index (χ1n) is 13.4. The van der Waals surface area contributed by atoms with Gasteiger partial charge >= 0.3 is 12.4 Å². The molecule has 3 atom stereocenters. The molecule has 3 aliphatic rings. The lowest BCUT2D eigenvalue weighted by Gasteiger charge is -2.55. The molecule has 0 radical (unpaired) electrons. The van der Waals surface area contributed by atoms with Crippen molar-refractivity contribution in [2.24, 2.45) is 0 Å². The summed E-state index contributed by atoms with van der Waals surface area (Å²) >= 11 is 0. The molecule has 1 amide bonds. The molecule has 0 aromatic heterocycles. The lowest BCUT2D eigenvalue weighted by atomic mass is 9.78. The smallest absolute Gasteiger partial charge is 0.416 e. The minimum absolute atomic E-state index is 0.0411. The summed E-state index contributed by atoms with van der Waals surface area (Å²) in [5, 5.41) is 0. The second-order valence-corrected chi connectivity index (χ2v) is 10.7. The van der Waals surface area contributed by atoms with E-state index in [0.717, 1.165) is 0 Å². The lowest BCUT2D eigenvalue weighted by Crippen LogP contribution is -2.70. The predicted octanol–water partition coefficient (Wildman–Crippen LogP) is 4.69. The van der Waals surface area contributed by atoms with Crippen LogP contribution >= 0.6 is 0 Å². The van der Waals surface area contributed by atoms with E-state index in [0.29, 0.717) is 25.3 Å². The van der Waals surface area contributed by atoms with Crippen LogP contribution in [-0.2, 0) is 34.9 Å². The Hall–Kier alpha value is -3.81. The van der Waals surface area contributed by atoms with E-state index in [1.807, 2.05) is 0 Å². The molecule has 3 aliphatic heterocycles. The van der Waals surface area contributed by atoms with Gasteiger partial charge in [0.25, 0.3) is 0 Å². The number of nitrogens with zero attached hydrogens (tertiary/aromatic N) is 2. The van der Waals surface area contributed by atoms with Crippen LogP contribution in [0.3, 0.4) is 0 Å². The number of alkyl halides is 6. The fraction of sp³-hybridized carbons (Fsp3) is 0.483. The van der Waals surface area contributed by atoms with E-state index in [-0.39, 0.29) is 46.4 Å². The Bertz CT molecular complexity index is 1450. The number of hydrogen-bond acceptors (Lipinski definition) is 7. The van der Waals surface area contributed by atoms with Crippen molar-refractivity contribution >= 4 is 17.5 Å². The van der Waals surface area contributed by atoms with Gasteiger partial charge in [-0.25, -0.2) is 0 Å². The summed E-state index contributed by atoms with van der Waals surface area (Å²) in [4.78, 5) is 43.0. The molecular weight excluding hydrogens is 586 g/mol. The maximum atomic E-state index is 13.9. The normalized spacial score (nSPS) is 22.0. The average molecular weight is 615 g/mol. The zero-order valence-electron chi connectivity index (χ0n) is 23.4. The highest BCUT2D eigenvalue weighted by Gasteiger charge is 2.52. The molecule has 14 heteroatoms. The Labute approximate surface area is 242 Å². The highest BCUT2D eigenvalue weighted by molar-refractivity contribution is 6.44. The second kappa shape index (κ2) is 11.0. The number of piperazine rings is 1. The average Bonchev–Trinajstić information content (AvgIpc) is 2.96. The van der Waals surface area contributed by atoms with Crippen LogP contribution in [0.1, 0.15) is 51.9 Å². The lowest BCUT2D eigenvalue weighted by molar-refractivity contribution is -0.159. The molecule has 2 saturated heterocycles. The van der Waals surface area contributed by atoms with Crippen molar-refractivity contribution in [1.82, 2.24) is 9.80 Å². The number of carbonyl (C=O) groups is 3. The van der Waals surface area contributed by atoms with E-state index in [9.17, 15) is 40.7 Å². The molecule has 5 rings (SSSR count). The molecule has 2 aromatic carbocycles. The van der Waals surface area contributed by atoms with Crippen LogP contribution in [0, 0.1) is 0 Å². The van der Waals surface area contributed by atoms with E-state index in [1.54, 1.807) is 4.90 Å². The number of ether oxygens (including phenoxy) is 3. The first-order chi connectivity index (χ1) is 20.2. The third-order valence-corrected chi connectivity index (χ3v) is 8.46. The largest absolute Gasteiger partial charge is 0.493 e. The van der Waals surface area contributed by atoms with E-state index in [1.165, 1.54) is 38.4 Å². The Morgan fingerprint density at radius 2 is 1.53 bits per heavy atom. The number of fused-ring (bicyclic) bond motifs is 5. The maximum Gasteiger partial charge on any atom is 0.416 e. The summed E-state index contributed by atoms with van der Waals surface area (Å²) < 4.78 is 98.0. The van der Waals surface area contributed by atoms with E-state index >= 15 is 0 Å². The zero-order valence-corrected chi connectivity index (χ0v) is 23.4. The number of amides is 1. The Morgan fingerprint density at radius 3 is 2.09 bits per heavy atom. The standard InChI is InChI=1S/C29H28F6N2O6/c1-41-23-9-15(10-24(42-2)26(23)43-3)25(39)22(38)13-36-19-5-4-6-20(36)27(40)37-12-17-14(8-21(19)37)7-16(28(30,31)32)11-18(17)29(33,34)35/h7,9-11,19-21H,4-6,8,12-13H2,1-3H3/t19?,20?,21-/m0/s1. The molecule has 2 fully saturated rings. The monoisotopic (exact) mass is 614 g/mol. The van der Waals surface area contributed by atoms with Gasteiger partial charge in [0.15, 0.2) is 11.5 Å².